The summed E-state index contributed by atoms with van der Waals surface area (Å²) in [5.41, 5.74) is 7.00. The van der Waals surface area contributed by atoms with Crippen molar-refractivity contribution in [2.75, 3.05) is 31.1 Å². The van der Waals surface area contributed by atoms with Crippen molar-refractivity contribution >= 4 is 51.8 Å². The van der Waals surface area contributed by atoms with Crippen LogP contribution in [0.15, 0.2) is 84.0 Å². The van der Waals surface area contributed by atoms with Gasteiger partial charge in [0.05, 0.1) is 34.6 Å². The largest absolute Gasteiger partial charge is 0.491 e. The molecule has 1 fully saturated rings. The van der Waals surface area contributed by atoms with Crippen LogP contribution < -0.4 is 9.64 Å². The van der Waals surface area contributed by atoms with Crippen LogP contribution in [0.1, 0.15) is 57.9 Å². The number of benzene rings is 3. The number of rotatable bonds is 8. The number of ether oxygens (including phenoxy) is 1. The van der Waals surface area contributed by atoms with Crippen LogP contribution in [0, 0.1) is 13.8 Å². The number of fused-ring (bicyclic) bond motifs is 2. The van der Waals surface area contributed by atoms with Gasteiger partial charge >= 0.3 is 0 Å². The van der Waals surface area contributed by atoms with Crippen molar-refractivity contribution in [3.63, 3.8) is 0 Å². The van der Waals surface area contributed by atoms with Crippen molar-refractivity contribution in [2.24, 2.45) is 0 Å². The highest BCUT2D eigenvalue weighted by Gasteiger charge is 2.32. The predicted octanol–water partition coefficient (Wildman–Crippen LogP) is 5.77. The van der Waals surface area contributed by atoms with Crippen molar-refractivity contribution in [1.29, 1.82) is 0 Å². The Morgan fingerprint density at radius 2 is 1.78 bits per heavy atom. The number of aryl methyl sites for hydroxylation is 1. The summed E-state index contributed by atoms with van der Waals surface area (Å²) in [7, 11) is -2.63. The number of amides is 1. The van der Waals surface area contributed by atoms with Crippen molar-refractivity contribution in [3.05, 3.63) is 107 Å². The number of nitrogens with zero attached hydrogens (tertiary/aromatic N) is 5. The molecule has 50 heavy (non-hydrogen) atoms. The number of hydrogen-bond donors (Lipinski definition) is 0. The maximum Gasteiger partial charge on any atom is 0.293 e. The number of carbonyl (C=O) groups excluding carboxylic acids is 2. The highest BCUT2D eigenvalue weighted by molar-refractivity contribution is 7.90. The van der Waals surface area contributed by atoms with Crippen LogP contribution in [-0.4, -0.2) is 72.9 Å². The molecule has 2 aromatic heterocycles. The van der Waals surface area contributed by atoms with Gasteiger partial charge in [0.25, 0.3) is 23.3 Å². The molecule has 0 spiro atoms. The summed E-state index contributed by atoms with van der Waals surface area (Å²) in [5, 5.41) is 0.555. The number of carbonyl (C=O) groups is 2. The minimum atomic E-state index is -4.11. The molecule has 5 aromatic rings. The van der Waals surface area contributed by atoms with Crippen molar-refractivity contribution < 1.29 is 22.7 Å². The van der Waals surface area contributed by atoms with Gasteiger partial charge in [-0.25, -0.2) is 22.4 Å². The van der Waals surface area contributed by atoms with Gasteiger partial charge < -0.3 is 19.2 Å². The van der Waals surface area contributed by atoms with E-state index in [0.29, 0.717) is 66.7 Å². The van der Waals surface area contributed by atoms with E-state index < -0.39 is 10.0 Å². The lowest BCUT2D eigenvalue weighted by Crippen LogP contribution is -2.34. The normalized spacial score (nSPS) is 16.8. The van der Waals surface area contributed by atoms with Gasteiger partial charge in [0.2, 0.25) is 0 Å². The SMILES string of the molecule is Cc1ccc(S(=O)(=O)n2c(C3=CCCN([B]C=O)C3)cc3c(-c4cccc(N5CCOc6cc(C7CC7)ccc6C5=O)c4C)ncnc32)cc1. The highest BCUT2D eigenvalue weighted by Crippen LogP contribution is 2.43. The molecule has 10 nitrogen and oxygen atoms in total. The van der Waals surface area contributed by atoms with E-state index in [9.17, 15) is 18.0 Å². The van der Waals surface area contributed by atoms with Crippen LogP contribution >= 0.6 is 0 Å². The lowest BCUT2D eigenvalue weighted by atomic mass is 9.90. The van der Waals surface area contributed by atoms with Crippen molar-refractivity contribution in [1.82, 2.24) is 18.8 Å². The van der Waals surface area contributed by atoms with E-state index in [1.807, 2.05) is 67.2 Å². The molecule has 0 N–H and O–H groups in total. The van der Waals surface area contributed by atoms with E-state index in [1.54, 1.807) is 29.2 Å². The second kappa shape index (κ2) is 12.7. The maximum absolute atomic E-state index is 14.4. The summed E-state index contributed by atoms with van der Waals surface area (Å²) in [6, 6.07) is 20.2. The summed E-state index contributed by atoms with van der Waals surface area (Å²) in [6.45, 7) is 5.59. The van der Waals surface area contributed by atoms with Crippen LogP contribution in [-0.2, 0) is 14.8 Å². The summed E-state index contributed by atoms with van der Waals surface area (Å²) >= 11 is 0. The Bertz CT molecular complexity index is 2310. The molecule has 251 valence electrons. The number of hydrogen-bond acceptors (Lipinski definition) is 8. The molecule has 0 saturated heterocycles. The fraction of sp³-hybridized carbons (Fsp3) is 0.263. The molecule has 1 saturated carbocycles. The van der Waals surface area contributed by atoms with Crippen molar-refractivity contribution in [3.8, 4) is 17.0 Å². The van der Waals surface area contributed by atoms with E-state index in [1.165, 1.54) is 36.1 Å². The van der Waals surface area contributed by atoms with Gasteiger partial charge in [-0.3, -0.25) is 4.79 Å². The van der Waals surface area contributed by atoms with Crippen LogP contribution in [0.3, 0.4) is 0 Å². The first-order chi connectivity index (χ1) is 24.2. The van der Waals surface area contributed by atoms with E-state index in [-0.39, 0.29) is 16.4 Å². The number of aromatic nitrogens is 3. The van der Waals surface area contributed by atoms with Crippen LogP contribution in [0.25, 0.3) is 27.9 Å². The zero-order valence-electron chi connectivity index (χ0n) is 27.9. The number of anilines is 1. The quantitative estimate of drug-likeness (QED) is 0.150. The first-order valence-electron chi connectivity index (χ1n) is 16.8. The van der Waals surface area contributed by atoms with E-state index in [4.69, 9.17) is 9.72 Å². The third-order valence-corrected chi connectivity index (χ3v) is 11.6. The van der Waals surface area contributed by atoms with Gasteiger partial charge in [-0.15, -0.1) is 0 Å². The molecule has 0 atom stereocenters. The van der Waals surface area contributed by atoms with Gasteiger partial charge in [0.15, 0.2) is 5.65 Å². The Kier molecular flexibility index (Phi) is 8.15. The fourth-order valence-corrected chi connectivity index (χ4v) is 8.55. The fourth-order valence-electron chi connectivity index (χ4n) is 7.05. The molecule has 3 aromatic carbocycles. The average molecular weight is 685 g/mol. The molecule has 1 amide bonds. The summed E-state index contributed by atoms with van der Waals surface area (Å²) in [4.78, 5) is 38.4. The van der Waals surface area contributed by atoms with Gasteiger partial charge in [-0.1, -0.05) is 42.0 Å². The van der Waals surface area contributed by atoms with E-state index in [2.05, 4.69) is 4.98 Å². The lowest BCUT2D eigenvalue weighted by molar-refractivity contribution is 0.0989. The molecule has 4 heterocycles. The average Bonchev–Trinajstić information content (AvgIpc) is 3.91. The van der Waals surface area contributed by atoms with E-state index in [0.717, 1.165) is 34.1 Å². The molecular weight excluding hydrogens is 649 g/mol. The van der Waals surface area contributed by atoms with Crippen LogP contribution in [0.4, 0.5) is 5.69 Å². The molecule has 0 bridgehead atoms. The predicted molar refractivity (Wildman–Crippen MR) is 194 cm³/mol. The Morgan fingerprint density at radius 1 is 0.960 bits per heavy atom. The van der Waals surface area contributed by atoms with Crippen molar-refractivity contribution in [2.45, 2.75) is 43.9 Å². The Balaban J connectivity index is 1.26. The first-order valence-corrected chi connectivity index (χ1v) is 18.3. The molecular formula is C38H35BN5O5S. The minimum absolute atomic E-state index is 0.133. The summed E-state index contributed by atoms with van der Waals surface area (Å²) in [5.74, 6) is 1.04. The standard InChI is InChI=1S/C38H35BN5O5S/c1-24-8-13-29(14-9-24)50(47,48)44-34(28-5-4-16-42(21-28)39-22-45)20-32-36(40-23-41-37(32)44)30-6-3-7-33(25(30)2)43-17-18-49-35-19-27(26-10-11-26)12-15-31(35)38(43)46/h3,5-9,12-15,19-20,22-23,26H,4,10-11,16-18,21H2,1-2H3. The zero-order chi connectivity index (χ0) is 34.6. The molecule has 3 aliphatic rings. The third kappa shape index (κ3) is 5.62. The van der Waals surface area contributed by atoms with Crippen LogP contribution in [0.5, 0.6) is 5.75 Å². The summed E-state index contributed by atoms with van der Waals surface area (Å²) in [6.07, 6.45) is 7.12. The third-order valence-electron chi connectivity index (χ3n) is 9.85. The molecule has 1 radical (unpaired) electrons. The Hall–Kier alpha value is -5.07. The Morgan fingerprint density at radius 3 is 2.56 bits per heavy atom. The second-order valence-electron chi connectivity index (χ2n) is 13.1. The van der Waals surface area contributed by atoms with Gasteiger partial charge in [0, 0.05) is 23.2 Å². The van der Waals surface area contributed by atoms with Gasteiger partial charge in [-0.05, 0) is 98.7 Å². The topological polar surface area (TPSA) is 115 Å². The second-order valence-corrected chi connectivity index (χ2v) is 14.9. The monoisotopic (exact) mass is 684 g/mol. The molecule has 2 aliphatic heterocycles. The molecule has 8 rings (SSSR count). The molecule has 12 heteroatoms. The van der Waals surface area contributed by atoms with Crippen LogP contribution in [0.2, 0.25) is 0 Å². The van der Waals surface area contributed by atoms with Gasteiger partial charge in [-0.2, -0.15) is 0 Å². The van der Waals surface area contributed by atoms with Gasteiger partial charge in [0.1, 0.15) is 18.7 Å². The smallest absolute Gasteiger partial charge is 0.293 e. The highest BCUT2D eigenvalue weighted by atomic mass is 32.2. The summed E-state index contributed by atoms with van der Waals surface area (Å²) < 4.78 is 36.3. The van der Waals surface area contributed by atoms with E-state index >= 15 is 0 Å². The Labute approximate surface area is 291 Å². The maximum atomic E-state index is 14.4. The molecule has 0 unspecified atom stereocenters. The zero-order valence-corrected chi connectivity index (χ0v) is 28.7. The lowest BCUT2D eigenvalue weighted by Gasteiger charge is -2.25. The first kappa shape index (κ1) is 32.2. The molecule has 1 aliphatic carbocycles. The minimum Gasteiger partial charge on any atom is -0.491 e.